The summed E-state index contributed by atoms with van der Waals surface area (Å²) in [6.45, 7) is 5.24. The van der Waals surface area contributed by atoms with Crippen molar-refractivity contribution >= 4 is 27.3 Å². The highest BCUT2D eigenvalue weighted by Crippen LogP contribution is 2.30. The van der Waals surface area contributed by atoms with E-state index in [1.165, 1.54) is 16.1 Å². The predicted molar refractivity (Wildman–Crippen MR) is 75.3 cm³/mol. The Balaban J connectivity index is 2.52. The number of aromatic amines is 1. The molecule has 1 amide bonds. The van der Waals surface area contributed by atoms with Gasteiger partial charge >= 0.3 is 4.87 Å². The Bertz CT molecular complexity index is 701. The summed E-state index contributed by atoms with van der Waals surface area (Å²) in [6, 6.07) is 0. The van der Waals surface area contributed by atoms with E-state index in [2.05, 4.69) is 4.98 Å². The van der Waals surface area contributed by atoms with E-state index in [1.807, 2.05) is 0 Å². The number of nitrogens with one attached hydrogen (secondary N) is 1. The van der Waals surface area contributed by atoms with Crippen molar-refractivity contribution in [2.75, 3.05) is 20.1 Å². The second kappa shape index (κ2) is 4.68. The van der Waals surface area contributed by atoms with Crippen molar-refractivity contribution in [2.24, 2.45) is 0 Å². The maximum atomic E-state index is 12.7. The van der Waals surface area contributed by atoms with E-state index in [0.29, 0.717) is 23.6 Å². The molecule has 0 radical (unpaired) electrons. The Morgan fingerprint density at radius 3 is 2.35 bits per heavy atom. The molecule has 1 saturated heterocycles. The number of thiazole rings is 1. The molecule has 0 aromatic carbocycles. The summed E-state index contributed by atoms with van der Waals surface area (Å²) < 4.78 is 26.5. The first-order chi connectivity index (χ1) is 9.08. The molecule has 1 aromatic rings. The Morgan fingerprint density at radius 2 is 1.85 bits per heavy atom. The van der Waals surface area contributed by atoms with Gasteiger partial charge in [0.2, 0.25) is 5.91 Å². The lowest BCUT2D eigenvalue weighted by molar-refractivity contribution is -0.142. The fourth-order valence-electron chi connectivity index (χ4n) is 2.35. The third kappa shape index (κ3) is 2.19. The first-order valence-corrected chi connectivity index (χ1v) is 8.32. The molecule has 9 heteroatoms. The Labute approximate surface area is 121 Å². The van der Waals surface area contributed by atoms with Gasteiger partial charge in [0.1, 0.15) is 5.54 Å². The lowest BCUT2D eigenvalue weighted by Crippen LogP contribution is -2.63. The summed E-state index contributed by atoms with van der Waals surface area (Å²) in [5.41, 5.74) is -0.854. The van der Waals surface area contributed by atoms with Crippen molar-refractivity contribution < 1.29 is 13.2 Å². The van der Waals surface area contributed by atoms with Crippen LogP contribution in [0, 0.1) is 6.92 Å². The molecule has 0 unspecified atom stereocenters. The zero-order chi connectivity index (χ0) is 15.3. The van der Waals surface area contributed by atoms with Gasteiger partial charge in [0.25, 0.3) is 10.0 Å². The zero-order valence-electron chi connectivity index (χ0n) is 11.8. The van der Waals surface area contributed by atoms with E-state index >= 15 is 0 Å². The van der Waals surface area contributed by atoms with Crippen molar-refractivity contribution in [1.29, 1.82) is 0 Å². The second-order valence-corrected chi connectivity index (χ2v) is 8.33. The van der Waals surface area contributed by atoms with Crippen LogP contribution >= 0.6 is 11.3 Å². The number of carbonyl (C=O) groups is 1. The molecular formula is C11H17N3O4S2. The number of piperazine rings is 1. The van der Waals surface area contributed by atoms with Gasteiger partial charge in [0.15, 0.2) is 4.21 Å². The van der Waals surface area contributed by atoms with Crippen LogP contribution in [0.4, 0.5) is 0 Å². The lowest BCUT2D eigenvalue weighted by atomic mass is 10.0. The zero-order valence-corrected chi connectivity index (χ0v) is 13.4. The minimum atomic E-state index is -3.86. The van der Waals surface area contributed by atoms with Gasteiger partial charge in [0, 0.05) is 25.8 Å². The van der Waals surface area contributed by atoms with Crippen LogP contribution in [0.15, 0.2) is 9.00 Å². The number of likely N-dealkylation sites (N-methyl/N-ethyl adjacent to an activating group) is 1. The average Bonchev–Trinajstić information content (AvgIpc) is 2.66. The van der Waals surface area contributed by atoms with Gasteiger partial charge in [-0.1, -0.05) is 11.3 Å². The molecule has 0 aliphatic carbocycles. The SMILES string of the molecule is Cc1[nH]c(=O)sc1S(=O)(=O)N1CCN(C)C(=O)C1(C)C. The van der Waals surface area contributed by atoms with Crippen LogP contribution in [0.5, 0.6) is 0 Å². The van der Waals surface area contributed by atoms with Crippen molar-refractivity contribution in [3.8, 4) is 0 Å². The molecule has 2 heterocycles. The fourth-order valence-corrected chi connectivity index (χ4v) is 5.49. The largest absolute Gasteiger partial charge is 0.343 e. The summed E-state index contributed by atoms with van der Waals surface area (Å²) in [5, 5.41) is 0. The highest BCUT2D eigenvalue weighted by atomic mass is 32.2. The van der Waals surface area contributed by atoms with Crippen molar-refractivity contribution in [3.05, 3.63) is 15.4 Å². The van der Waals surface area contributed by atoms with Crippen molar-refractivity contribution in [3.63, 3.8) is 0 Å². The standard InChI is InChI=1S/C11H17N3O4S2/c1-7-8(19-10(16)12-7)20(17,18)14-6-5-13(4)9(15)11(14,2)3/h5-6H2,1-4H3,(H,12,16). The Hall–Kier alpha value is -1.19. The molecule has 1 aliphatic rings. The number of amides is 1. The van der Waals surface area contributed by atoms with E-state index in [-0.39, 0.29) is 16.7 Å². The van der Waals surface area contributed by atoms with Gasteiger partial charge < -0.3 is 9.88 Å². The number of rotatable bonds is 2. The molecule has 1 fully saturated rings. The summed E-state index contributed by atoms with van der Waals surface area (Å²) in [7, 11) is -2.22. The van der Waals surface area contributed by atoms with Crippen LogP contribution in [-0.4, -0.2) is 54.2 Å². The van der Waals surface area contributed by atoms with Crippen LogP contribution in [-0.2, 0) is 14.8 Å². The van der Waals surface area contributed by atoms with E-state index in [4.69, 9.17) is 0 Å². The molecule has 2 rings (SSSR count). The first kappa shape index (κ1) is 15.2. The van der Waals surface area contributed by atoms with E-state index < -0.39 is 20.4 Å². The summed E-state index contributed by atoms with van der Waals surface area (Å²) in [5.74, 6) is -0.257. The van der Waals surface area contributed by atoms with Crippen molar-refractivity contribution in [1.82, 2.24) is 14.2 Å². The molecule has 0 bridgehead atoms. The van der Waals surface area contributed by atoms with Crippen LogP contribution < -0.4 is 4.87 Å². The average molecular weight is 319 g/mol. The smallest absolute Gasteiger partial charge is 0.305 e. The number of aromatic nitrogens is 1. The molecule has 20 heavy (non-hydrogen) atoms. The number of aryl methyl sites for hydroxylation is 1. The topological polar surface area (TPSA) is 90.5 Å². The van der Waals surface area contributed by atoms with Gasteiger partial charge in [-0.3, -0.25) is 9.59 Å². The van der Waals surface area contributed by atoms with Crippen molar-refractivity contribution in [2.45, 2.75) is 30.5 Å². The minimum absolute atomic E-state index is 0.0204. The number of H-pyrrole nitrogens is 1. The van der Waals surface area contributed by atoms with Gasteiger partial charge in [-0.25, -0.2) is 8.42 Å². The molecule has 7 nitrogen and oxygen atoms in total. The molecule has 1 N–H and O–H groups in total. The van der Waals surface area contributed by atoms with Gasteiger partial charge in [-0.05, 0) is 20.8 Å². The lowest BCUT2D eigenvalue weighted by Gasteiger charge is -2.43. The normalized spacial score (nSPS) is 20.4. The van der Waals surface area contributed by atoms with Crippen LogP contribution in [0.25, 0.3) is 0 Å². The monoisotopic (exact) mass is 319 g/mol. The molecule has 1 aliphatic heterocycles. The van der Waals surface area contributed by atoms with Gasteiger partial charge in [-0.15, -0.1) is 0 Å². The molecule has 1 aromatic heterocycles. The number of nitrogens with zero attached hydrogens (tertiary/aromatic N) is 2. The fraction of sp³-hybridized carbons (Fsp3) is 0.636. The Morgan fingerprint density at radius 1 is 1.25 bits per heavy atom. The van der Waals surface area contributed by atoms with E-state index in [1.54, 1.807) is 20.9 Å². The van der Waals surface area contributed by atoms with Crippen LogP contribution in [0.1, 0.15) is 19.5 Å². The summed E-state index contributed by atoms with van der Waals surface area (Å²) >= 11 is 0.652. The molecule has 0 spiro atoms. The highest BCUT2D eigenvalue weighted by Gasteiger charge is 2.47. The number of hydrogen-bond donors (Lipinski definition) is 1. The minimum Gasteiger partial charge on any atom is -0.343 e. The third-order valence-electron chi connectivity index (χ3n) is 3.44. The maximum Gasteiger partial charge on any atom is 0.305 e. The van der Waals surface area contributed by atoms with Gasteiger partial charge in [0.05, 0.1) is 0 Å². The van der Waals surface area contributed by atoms with Gasteiger partial charge in [-0.2, -0.15) is 4.31 Å². The summed E-state index contributed by atoms with van der Waals surface area (Å²) in [4.78, 5) is 27.1. The maximum absolute atomic E-state index is 12.7. The first-order valence-electron chi connectivity index (χ1n) is 6.06. The third-order valence-corrected chi connectivity index (χ3v) is 7.09. The molecule has 112 valence electrons. The highest BCUT2D eigenvalue weighted by molar-refractivity contribution is 7.91. The Kier molecular flexibility index (Phi) is 3.55. The quantitative estimate of drug-likeness (QED) is 0.830. The summed E-state index contributed by atoms with van der Waals surface area (Å²) in [6.07, 6.45) is 0. The molecular weight excluding hydrogens is 302 g/mol. The number of sulfonamides is 1. The van der Waals surface area contributed by atoms with Crippen LogP contribution in [0.3, 0.4) is 0 Å². The number of carbonyl (C=O) groups excluding carboxylic acids is 1. The molecule has 0 atom stereocenters. The number of hydrogen-bond acceptors (Lipinski definition) is 5. The predicted octanol–water partition coefficient (Wildman–Crippen LogP) is -0.0139. The second-order valence-electron chi connectivity index (χ2n) is 5.29. The van der Waals surface area contributed by atoms with Crippen LogP contribution in [0.2, 0.25) is 0 Å². The van der Waals surface area contributed by atoms with E-state index in [9.17, 15) is 18.0 Å². The van der Waals surface area contributed by atoms with E-state index in [0.717, 1.165) is 0 Å². The molecule has 0 saturated carbocycles.